The van der Waals surface area contributed by atoms with Crippen LogP contribution in [0.2, 0.25) is 0 Å². The summed E-state index contributed by atoms with van der Waals surface area (Å²) in [6.07, 6.45) is 0.970. The van der Waals surface area contributed by atoms with Crippen LogP contribution in [0.1, 0.15) is 19.3 Å². The quantitative estimate of drug-likeness (QED) is 0.656. The first-order valence-electron chi connectivity index (χ1n) is 4.79. The molecule has 1 rings (SSSR count). The van der Waals surface area contributed by atoms with Crippen LogP contribution in [0.15, 0.2) is 0 Å². The largest absolute Gasteiger partial charge is 0.481 e. The molecule has 0 saturated carbocycles. The first-order chi connectivity index (χ1) is 6.97. The summed E-state index contributed by atoms with van der Waals surface area (Å²) >= 11 is 0. The molecule has 0 spiro atoms. The van der Waals surface area contributed by atoms with Crippen LogP contribution in [0.25, 0.3) is 0 Å². The number of aliphatic carboxylic acids is 1. The summed E-state index contributed by atoms with van der Waals surface area (Å²) in [6.45, 7) is 0.180. The molecule has 1 heterocycles. The van der Waals surface area contributed by atoms with Gasteiger partial charge in [-0.1, -0.05) is 0 Å². The predicted molar refractivity (Wildman–Crippen MR) is 52.9 cm³/mol. The Balaban J connectivity index is 2.64. The SMILES string of the molecule is O=C(O)CCS(=O)(=O)N1CCC[C@H]1CO. The predicted octanol–water partition coefficient (Wildman–Crippen LogP) is -0.752. The van der Waals surface area contributed by atoms with Gasteiger partial charge in [0.2, 0.25) is 10.0 Å². The number of rotatable bonds is 5. The molecule has 0 aromatic carbocycles. The van der Waals surface area contributed by atoms with E-state index in [0.717, 1.165) is 6.42 Å². The molecule has 7 heteroatoms. The Morgan fingerprint density at radius 2 is 2.13 bits per heavy atom. The van der Waals surface area contributed by atoms with Gasteiger partial charge in [0.25, 0.3) is 0 Å². The second kappa shape index (κ2) is 4.91. The van der Waals surface area contributed by atoms with Gasteiger partial charge in [-0.25, -0.2) is 8.42 Å². The molecule has 2 N–H and O–H groups in total. The fourth-order valence-electron chi connectivity index (χ4n) is 1.69. The van der Waals surface area contributed by atoms with Gasteiger partial charge < -0.3 is 10.2 Å². The standard InChI is InChI=1S/C8H15NO5S/c10-6-7-2-1-4-9(7)15(13,14)5-3-8(11)12/h7,10H,1-6H2,(H,11,12)/t7-/m0/s1. The second-order valence-corrected chi connectivity index (χ2v) is 5.59. The molecule has 6 nitrogen and oxygen atoms in total. The molecule has 1 atom stereocenters. The molecule has 0 unspecified atom stereocenters. The van der Waals surface area contributed by atoms with Gasteiger partial charge >= 0.3 is 5.97 Å². The van der Waals surface area contributed by atoms with Crippen molar-refractivity contribution < 1.29 is 23.4 Å². The molecule has 0 bridgehead atoms. The Morgan fingerprint density at radius 3 is 2.67 bits per heavy atom. The molecule has 0 aliphatic carbocycles. The molecular formula is C8H15NO5S. The van der Waals surface area contributed by atoms with Crippen molar-refractivity contribution >= 4 is 16.0 Å². The summed E-state index contributed by atoms with van der Waals surface area (Å²) in [4.78, 5) is 10.3. The van der Waals surface area contributed by atoms with Crippen LogP contribution < -0.4 is 0 Å². The van der Waals surface area contributed by atoms with E-state index in [1.807, 2.05) is 0 Å². The molecule has 1 aliphatic heterocycles. The van der Waals surface area contributed by atoms with Gasteiger partial charge in [0.05, 0.1) is 18.8 Å². The average molecular weight is 237 g/mol. The number of carboxylic acids is 1. The zero-order valence-corrected chi connectivity index (χ0v) is 9.11. The van der Waals surface area contributed by atoms with Crippen molar-refractivity contribution in [1.29, 1.82) is 0 Å². The Bertz CT molecular complexity index is 326. The third-order valence-corrected chi connectivity index (χ3v) is 4.38. The van der Waals surface area contributed by atoms with Gasteiger partial charge in [0.15, 0.2) is 0 Å². The van der Waals surface area contributed by atoms with Gasteiger partial charge in [0.1, 0.15) is 0 Å². The minimum atomic E-state index is -3.52. The highest BCUT2D eigenvalue weighted by atomic mass is 32.2. The van der Waals surface area contributed by atoms with Crippen molar-refractivity contribution in [3.63, 3.8) is 0 Å². The van der Waals surface area contributed by atoms with Crippen molar-refractivity contribution in [3.05, 3.63) is 0 Å². The minimum absolute atomic E-state index is 0.202. The monoisotopic (exact) mass is 237 g/mol. The number of hydrogen-bond acceptors (Lipinski definition) is 4. The van der Waals surface area contributed by atoms with Gasteiger partial charge in [-0.3, -0.25) is 4.79 Å². The van der Waals surface area contributed by atoms with E-state index in [9.17, 15) is 13.2 Å². The summed E-state index contributed by atoms with van der Waals surface area (Å²) in [5.74, 6) is -1.52. The first kappa shape index (κ1) is 12.4. The zero-order valence-electron chi connectivity index (χ0n) is 8.29. The molecule has 1 fully saturated rings. The van der Waals surface area contributed by atoms with E-state index >= 15 is 0 Å². The third-order valence-electron chi connectivity index (χ3n) is 2.47. The lowest BCUT2D eigenvalue weighted by Gasteiger charge is -2.21. The van der Waals surface area contributed by atoms with Crippen LogP contribution in [0, 0.1) is 0 Å². The highest BCUT2D eigenvalue weighted by Crippen LogP contribution is 2.21. The summed E-state index contributed by atoms with van der Waals surface area (Å²) in [6, 6.07) is -0.371. The number of carboxylic acid groups (broad SMARTS) is 1. The maximum Gasteiger partial charge on any atom is 0.304 e. The van der Waals surface area contributed by atoms with Crippen molar-refractivity contribution in [2.75, 3.05) is 18.9 Å². The molecule has 0 radical (unpaired) electrons. The van der Waals surface area contributed by atoms with Crippen LogP contribution in [0.4, 0.5) is 0 Å². The maximum atomic E-state index is 11.7. The van der Waals surface area contributed by atoms with Crippen molar-refractivity contribution in [3.8, 4) is 0 Å². The number of carbonyl (C=O) groups is 1. The number of aliphatic hydroxyl groups excluding tert-OH is 1. The molecule has 0 aromatic rings. The first-order valence-corrected chi connectivity index (χ1v) is 6.40. The molecule has 15 heavy (non-hydrogen) atoms. The zero-order chi connectivity index (χ0) is 11.5. The molecule has 1 aliphatic rings. The van der Waals surface area contributed by atoms with Gasteiger partial charge in [0, 0.05) is 12.6 Å². The molecular weight excluding hydrogens is 222 g/mol. The Kier molecular flexibility index (Phi) is 4.06. The smallest absolute Gasteiger partial charge is 0.304 e. The Labute approximate surface area is 88.6 Å². The topological polar surface area (TPSA) is 94.9 Å². The van der Waals surface area contributed by atoms with E-state index in [2.05, 4.69) is 0 Å². The van der Waals surface area contributed by atoms with E-state index in [4.69, 9.17) is 10.2 Å². The van der Waals surface area contributed by atoms with Crippen LogP contribution in [-0.4, -0.2) is 53.9 Å². The van der Waals surface area contributed by atoms with E-state index in [1.165, 1.54) is 4.31 Å². The molecule has 88 valence electrons. The summed E-state index contributed by atoms with van der Waals surface area (Å²) in [5.41, 5.74) is 0. The normalized spacial score (nSPS) is 23.1. The fourth-order valence-corrected chi connectivity index (χ4v) is 3.39. The fraction of sp³-hybridized carbons (Fsp3) is 0.875. The Morgan fingerprint density at radius 1 is 1.47 bits per heavy atom. The van der Waals surface area contributed by atoms with Crippen LogP contribution in [0.5, 0.6) is 0 Å². The van der Waals surface area contributed by atoms with Crippen LogP contribution >= 0.6 is 0 Å². The van der Waals surface area contributed by atoms with E-state index < -0.39 is 28.2 Å². The molecule has 1 saturated heterocycles. The molecule has 0 amide bonds. The molecule has 0 aromatic heterocycles. The highest BCUT2D eigenvalue weighted by molar-refractivity contribution is 7.89. The van der Waals surface area contributed by atoms with Crippen molar-refractivity contribution in [1.82, 2.24) is 4.31 Å². The highest BCUT2D eigenvalue weighted by Gasteiger charge is 2.33. The number of sulfonamides is 1. The number of nitrogens with zero attached hydrogens (tertiary/aromatic N) is 1. The van der Waals surface area contributed by atoms with Crippen LogP contribution in [-0.2, 0) is 14.8 Å². The second-order valence-electron chi connectivity index (χ2n) is 3.55. The minimum Gasteiger partial charge on any atom is -0.481 e. The van der Waals surface area contributed by atoms with Crippen LogP contribution in [0.3, 0.4) is 0 Å². The summed E-state index contributed by atoms with van der Waals surface area (Å²) in [5, 5.41) is 17.4. The van der Waals surface area contributed by atoms with Crippen molar-refractivity contribution in [2.24, 2.45) is 0 Å². The van der Waals surface area contributed by atoms with E-state index in [0.29, 0.717) is 13.0 Å². The van der Waals surface area contributed by atoms with Crippen molar-refractivity contribution in [2.45, 2.75) is 25.3 Å². The average Bonchev–Trinajstić information content (AvgIpc) is 2.63. The van der Waals surface area contributed by atoms with Gasteiger partial charge in [-0.2, -0.15) is 4.31 Å². The van der Waals surface area contributed by atoms with E-state index in [-0.39, 0.29) is 12.6 Å². The van der Waals surface area contributed by atoms with Gasteiger partial charge in [-0.15, -0.1) is 0 Å². The lowest BCUT2D eigenvalue weighted by molar-refractivity contribution is -0.136. The lowest BCUT2D eigenvalue weighted by Crippen LogP contribution is -2.39. The summed E-state index contributed by atoms with van der Waals surface area (Å²) < 4.78 is 24.5. The lowest BCUT2D eigenvalue weighted by atomic mass is 10.2. The number of aliphatic hydroxyl groups is 1. The third kappa shape index (κ3) is 3.15. The van der Waals surface area contributed by atoms with Gasteiger partial charge in [-0.05, 0) is 12.8 Å². The maximum absolute atomic E-state index is 11.7. The summed E-state index contributed by atoms with van der Waals surface area (Å²) in [7, 11) is -3.52. The Hall–Kier alpha value is -0.660. The number of hydrogen-bond donors (Lipinski definition) is 2. The van der Waals surface area contributed by atoms with E-state index in [1.54, 1.807) is 0 Å².